The minimum atomic E-state index is -2.53. The first kappa shape index (κ1) is 14.9. The molecule has 1 aromatic carbocycles. The standard InChI is InChI=1S/C12H16F2N2OS/c1-15-7-8-16(2)11(17)9-5-3-4-6-10(9)18-12(13)14/h3-6,12,15H,7-8H2,1-2H3. The first-order valence-electron chi connectivity index (χ1n) is 5.50. The minimum absolute atomic E-state index is 0.242. The maximum atomic E-state index is 12.4. The van der Waals surface area contributed by atoms with E-state index in [2.05, 4.69) is 5.32 Å². The van der Waals surface area contributed by atoms with Crippen molar-refractivity contribution in [1.29, 1.82) is 0 Å². The SMILES string of the molecule is CNCCN(C)C(=O)c1ccccc1SC(F)F. The van der Waals surface area contributed by atoms with Crippen LogP contribution in [0.3, 0.4) is 0 Å². The van der Waals surface area contributed by atoms with Crippen LogP contribution in [0.5, 0.6) is 0 Å². The Morgan fingerprint density at radius 2 is 2.11 bits per heavy atom. The summed E-state index contributed by atoms with van der Waals surface area (Å²) in [6.45, 7) is 1.19. The molecular weight excluding hydrogens is 258 g/mol. The molecule has 3 nitrogen and oxygen atoms in total. The predicted molar refractivity (Wildman–Crippen MR) is 69.2 cm³/mol. The largest absolute Gasteiger partial charge is 0.340 e. The molecule has 0 aliphatic rings. The van der Waals surface area contributed by atoms with Gasteiger partial charge in [0.2, 0.25) is 0 Å². The fourth-order valence-electron chi connectivity index (χ4n) is 1.43. The first-order chi connectivity index (χ1) is 8.56. The van der Waals surface area contributed by atoms with Crippen LogP contribution in [-0.4, -0.2) is 43.7 Å². The average Bonchev–Trinajstić information content (AvgIpc) is 2.35. The number of likely N-dealkylation sites (N-methyl/N-ethyl adjacent to an activating group) is 2. The van der Waals surface area contributed by atoms with Crippen LogP contribution in [0.25, 0.3) is 0 Å². The van der Waals surface area contributed by atoms with Gasteiger partial charge in [0.1, 0.15) is 0 Å². The van der Waals surface area contributed by atoms with E-state index in [0.717, 1.165) is 0 Å². The summed E-state index contributed by atoms with van der Waals surface area (Å²) < 4.78 is 24.8. The monoisotopic (exact) mass is 274 g/mol. The van der Waals surface area contributed by atoms with Crippen LogP contribution in [0.15, 0.2) is 29.2 Å². The Kier molecular flexibility index (Phi) is 6.07. The molecule has 0 unspecified atom stereocenters. The number of halogens is 2. The third-order valence-corrected chi connectivity index (χ3v) is 3.17. The lowest BCUT2D eigenvalue weighted by atomic mass is 10.2. The molecule has 100 valence electrons. The van der Waals surface area contributed by atoms with Crippen molar-refractivity contribution in [3.05, 3.63) is 29.8 Å². The predicted octanol–water partition coefficient (Wildman–Crippen LogP) is 2.29. The Labute approximate surface area is 110 Å². The van der Waals surface area contributed by atoms with Crippen molar-refractivity contribution in [3.63, 3.8) is 0 Å². The van der Waals surface area contributed by atoms with Crippen molar-refractivity contribution in [2.45, 2.75) is 10.7 Å². The van der Waals surface area contributed by atoms with Crippen LogP contribution in [0.1, 0.15) is 10.4 Å². The van der Waals surface area contributed by atoms with E-state index < -0.39 is 5.76 Å². The Hall–Kier alpha value is -1.14. The number of carbonyl (C=O) groups is 1. The summed E-state index contributed by atoms with van der Waals surface area (Å²) >= 11 is 0.398. The number of hydrogen-bond acceptors (Lipinski definition) is 3. The van der Waals surface area contributed by atoms with Gasteiger partial charge in [0, 0.05) is 25.0 Å². The van der Waals surface area contributed by atoms with Crippen molar-refractivity contribution in [2.24, 2.45) is 0 Å². The highest BCUT2D eigenvalue weighted by Crippen LogP contribution is 2.28. The molecule has 18 heavy (non-hydrogen) atoms. The van der Waals surface area contributed by atoms with Gasteiger partial charge < -0.3 is 10.2 Å². The summed E-state index contributed by atoms with van der Waals surface area (Å²) in [4.78, 5) is 13.9. The summed E-state index contributed by atoms with van der Waals surface area (Å²) in [5, 5.41) is 2.93. The Balaban J connectivity index is 2.84. The van der Waals surface area contributed by atoms with Gasteiger partial charge in [-0.15, -0.1) is 0 Å². The number of alkyl halides is 2. The summed E-state index contributed by atoms with van der Waals surface area (Å²) in [5.41, 5.74) is 0.321. The van der Waals surface area contributed by atoms with Crippen LogP contribution in [0, 0.1) is 0 Å². The number of nitrogens with one attached hydrogen (secondary N) is 1. The summed E-state index contributed by atoms with van der Waals surface area (Å²) in [7, 11) is 3.45. The highest BCUT2D eigenvalue weighted by Gasteiger charge is 2.17. The van der Waals surface area contributed by atoms with E-state index in [0.29, 0.717) is 35.3 Å². The number of carbonyl (C=O) groups excluding carboxylic acids is 1. The van der Waals surface area contributed by atoms with Crippen molar-refractivity contribution >= 4 is 17.7 Å². The van der Waals surface area contributed by atoms with Gasteiger partial charge in [0.05, 0.1) is 5.56 Å². The minimum Gasteiger partial charge on any atom is -0.340 e. The van der Waals surface area contributed by atoms with E-state index in [1.807, 2.05) is 0 Å². The highest BCUT2D eigenvalue weighted by molar-refractivity contribution is 7.99. The normalized spacial score (nSPS) is 10.7. The molecule has 0 spiro atoms. The maximum absolute atomic E-state index is 12.4. The highest BCUT2D eigenvalue weighted by atomic mass is 32.2. The summed E-state index contributed by atoms with van der Waals surface area (Å²) in [5.74, 6) is -2.77. The van der Waals surface area contributed by atoms with Crippen LogP contribution in [0.2, 0.25) is 0 Å². The second-order valence-corrected chi connectivity index (χ2v) is 4.74. The molecule has 0 saturated heterocycles. The molecule has 1 aromatic rings. The molecular formula is C12H16F2N2OS. The van der Waals surface area contributed by atoms with Gasteiger partial charge in [-0.1, -0.05) is 23.9 Å². The summed E-state index contributed by atoms with van der Waals surface area (Å²) in [6, 6.07) is 6.43. The molecule has 0 atom stereocenters. The lowest BCUT2D eigenvalue weighted by molar-refractivity contribution is 0.0793. The van der Waals surface area contributed by atoms with Crippen molar-refractivity contribution in [1.82, 2.24) is 10.2 Å². The number of rotatable bonds is 6. The van der Waals surface area contributed by atoms with E-state index in [1.54, 1.807) is 32.3 Å². The van der Waals surface area contributed by atoms with Crippen LogP contribution < -0.4 is 5.32 Å². The molecule has 0 aliphatic carbocycles. The quantitative estimate of drug-likeness (QED) is 0.808. The fourth-order valence-corrected chi connectivity index (χ4v) is 2.06. The van der Waals surface area contributed by atoms with Crippen molar-refractivity contribution in [2.75, 3.05) is 27.2 Å². The fraction of sp³-hybridized carbons (Fsp3) is 0.417. The third-order valence-electron chi connectivity index (χ3n) is 2.38. The average molecular weight is 274 g/mol. The van der Waals surface area contributed by atoms with Gasteiger partial charge in [-0.3, -0.25) is 4.79 Å². The molecule has 0 heterocycles. The molecule has 0 saturated carbocycles. The van der Waals surface area contributed by atoms with Gasteiger partial charge in [-0.25, -0.2) is 0 Å². The van der Waals surface area contributed by atoms with Gasteiger partial charge in [-0.05, 0) is 19.2 Å². The van der Waals surface area contributed by atoms with E-state index in [4.69, 9.17) is 0 Å². The molecule has 0 radical (unpaired) electrons. The van der Waals surface area contributed by atoms with Crippen LogP contribution in [0.4, 0.5) is 8.78 Å². The zero-order valence-electron chi connectivity index (χ0n) is 10.3. The Morgan fingerprint density at radius 1 is 1.44 bits per heavy atom. The second kappa shape index (κ2) is 7.33. The zero-order chi connectivity index (χ0) is 13.5. The van der Waals surface area contributed by atoms with E-state index in [9.17, 15) is 13.6 Å². The Morgan fingerprint density at radius 3 is 2.72 bits per heavy atom. The lowest BCUT2D eigenvalue weighted by Gasteiger charge is -2.18. The van der Waals surface area contributed by atoms with Gasteiger partial charge in [0.25, 0.3) is 11.7 Å². The van der Waals surface area contributed by atoms with Gasteiger partial charge in [0.15, 0.2) is 0 Å². The van der Waals surface area contributed by atoms with Crippen molar-refractivity contribution in [3.8, 4) is 0 Å². The number of benzene rings is 1. The molecule has 0 aromatic heterocycles. The van der Waals surface area contributed by atoms with E-state index in [1.165, 1.54) is 11.0 Å². The molecule has 0 fully saturated rings. The van der Waals surface area contributed by atoms with Gasteiger partial charge in [-0.2, -0.15) is 8.78 Å². The third kappa shape index (κ3) is 4.27. The maximum Gasteiger partial charge on any atom is 0.288 e. The Bertz CT molecular complexity index is 401. The number of thioether (sulfide) groups is 1. The zero-order valence-corrected chi connectivity index (χ0v) is 11.1. The molecule has 6 heteroatoms. The molecule has 0 aliphatic heterocycles. The summed E-state index contributed by atoms with van der Waals surface area (Å²) in [6.07, 6.45) is 0. The van der Waals surface area contributed by atoms with Crippen LogP contribution in [-0.2, 0) is 0 Å². The number of hydrogen-bond donors (Lipinski definition) is 1. The molecule has 1 amide bonds. The first-order valence-corrected chi connectivity index (χ1v) is 6.38. The lowest BCUT2D eigenvalue weighted by Crippen LogP contribution is -2.33. The van der Waals surface area contributed by atoms with Gasteiger partial charge >= 0.3 is 0 Å². The number of nitrogens with zero attached hydrogens (tertiary/aromatic N) is 1. The van der Waals surface area contributed by atoms with E-state index >= 15 is 0 Å². The second-order valence-electron chi connectivity index (χ2n) is 3.70. The molecule has 1 rings (SSSR count). The smallest absolute Gasteiger partial charge is 0.288 e. The molecule has 1 N–H and O–H groups in total. The molecule has 0 bridgehead atoms. The number of amides is 1. The van der Waals surface area contributed by atoms with Crippen molar-refractivity contribution < 1.29 is 13.6 Å². The van der Waals surface area contributed by atoms with E-state index in [-0.39, 0.29) is 5.91 Å². The topological polar surface area (TPSA) is 32.3 Å². The van der Waals surface area contributed by atoms with Crippen LogP contribution >= 0.6 is 11.8 Å².